The maximum atomic E-state index is 12.5. The number of H-pyrrole nitrogens is 1. The van der Waals surface area contributed by atoms with Gasteiger partial charge < -0.3 is 5.32 Å². The lowest BCUT2D eigenvalue weighted by molar-refractivity contribution is -0.137. The fraction of sp³-hybridized carbons (Fsp3) is 0.167. The molecule has 1 amide bonds. The van der Waals surface area contributed by atoms with Gasteiger partial charge in [0.15, 0.2) is 5.69 Å². The van der Waals surface area contributed by atoms with E-state index in [0.717, 1.165) is 12.1 Å². The van der Waals surface area contributed by atoms with Crippen LogP contribution < -0.4 is 10.9 Å². The first-order valence-corrected chi connectivity index (χ1v) is 7.78. The van der Waals surface area contributed by atoms with Crippen molar-refractivity contribution < 1.29 is 18.0 Å². The Hall–Kier alpha value is -3.16. The van der Waals surface area contributed by atoms with Crippen LogP contribution in [-0.2, 0) is 12.6 Å². The van der Waals surface area contributed by atoms with Crippen molar-refractivity contribution in [1.82, 2.24) is 15.5 Å². The van der Waals surface area contributed by atoms with Gasteiger partial charge >= 0.3 is 6.18 Å². The predicted octanol–water partition coefficient (Wildman–Crippen LogP) is 2.91. The van der Waals surface area contributed by atoms with Crippen LogP contribution in [0.5, 0.6) is 0 Å². The molecule has 0 spiro atoms. The van der Waals surface area contributed by atoms with Gasteiger partial charge in [-0.15, -0.1) is 0 Å². The Morgan fingerprint density at radius 1 is 1.04 bits per heavy atom. The molecule has 0 bridgehead atoms. The van der Waals surface area contributed by atoms with Crippen LogP contribution >= 0.6 is 0 Å². The first-order valence-electron chi connectivity index (χ1n) is 7.78. The van der Waals surface area contributed by atoms with Gasteiger partial charge in [0.2, 0.25) is 0 Å². The molecule has 8 heteroatoms. The van der Waals surface area contributed by atoms with Crippen molar-refractivity contribution in [3.8, 4) is 0 Å². The Balaban J connectivity index is 1.67. The number of halogens is 3. The molecular weight excluding hydrogens is 347 g/mol. The molecule has 1 heterocycles. The highest BCUT2D eigenvalue weighted by Gasteiger charge is 2.29. The topological polar surface area (TPSA) is 74.8 Å². The Kier molecular flexibility index (Phi) is 4.75. The van der Waals surface area contributed by atoms with Gasteiger partial charge in [0, 0.05) is 11.9 Å². The highest BCUT2D eigenvalue weighted by atomic mass is 19.4. The molecule has 3 rings (SSSR count). The van der Waals surface area contributed by atoms with Crippen LogP contribution in [0.4, 0.5) is 13.2 Å². The number of rotatable bonds is 4. The van der Waals surface area contributed by atoms with Crippen LogP contribution in [0.1, 0.15) is 21.6 Å². The van der Waals surface area contributed by atoms with E-state index in [0.29, 0.717) is 22.8 Å². The Labute approximate surface area is 145 Å². The van der Waals surface area contributed by atoms with Gasteiger partial charge in [-0.25, -0.2) is 5.10 Å². The summed E-state index contributed by atoms with van der Waals surface area (Å²) in [6.07, 6.45) is -4.01. The third-order valence-electron chi connectivity index (χ3n) is 3.89. The number of hydrogen-bond acceptors (Lipinski definition) is 3. The Morgan fingerprint density at radius 2 is 1.69 bits per heavy atom. The van der Waals surface area contributed by atoms with Gasteiger partial charge in [0.05, 0.1) is 10.9 Å². The van der Waals surface area contributed by atoms with Crippen molar-refractivity contribution in [3.63, 3.8) is 0 Å². The van der Waals surface area contributed by atoms with Crippen LogP contribution in [0, 0.1) is 0 Å². The smallest absolute Gasteiger partial charge is 0.350 e. The first-order chi connectivity index (χ1) is 12.4. The minimum absolute atomic E-state index is 0.0904. The number of alkyl halides is 3. The second-order valence-corrected chi connectivity index (χ2v) is 5.65. The second-order valence-electron chi connectivity index (χ2n) is 5.65. The molecule has 134 valence electrons. The minimum atomic E-state index is -4.37. The number of fused-ring (bicyclic) bond motifs is 1. The third kappa shape index (κ3) is 3.74. The molecule has 0 atom stereocenters. The predicted molar refractivity (Wildman–Crippen MR) is 89.8 cm³/mol. The summed E-state index contributed by atoms with van der Waals surface area (Å²) in [4.78, 5) is 24.0. The quantitative estimate of drug-likeness (QED) is 0.750. The largest absolute Gasteiger partial charge is 0.416 e. The summed E-state index contributed by atoms with van der Waals surface area (Å²) in [5.74, 6) is -0.468. The zero-order valence-electron chi connectivity index (χ0n) is 13.4. The number of nitrogens with one attached hydrogen (secondary N) is 2. The van der Waals surface area contributed by atoms with E-state index >= 15 is 0 Å². The van der Waals surface area contributed by atoms with Gasteiger partial charge in [-0.3, -0.25) is 9.59 Å². The lowest BCUT2D eigenvalue weighted by Crippen LogP contribution is -2.28. The second kappa shape index (κ2) is 6.99. The fourth-order valence-electron chi connectivity index (χ4n) is 2.55. The zero-order valence-corrected chi connectivity index (χ0v) is 13.4. The number of nitrogens with zero attached hydrogens (tertiary/aromatic N) is 1. The van der Waals surface area contributed by atoms with Crippen molar-refractivity contribution in [2.24, 2.45) is 0 Å². The van der Waals surface area contributed by atoms with Gasteiger partial charge in [-0.05, 0) is 30.2 Å². The monoisotopic (exact) mass is 361 g/mol. The molecule has 0 aliphatic rings. The van der Waals surface area contributed by atoms with E-state index in [-0.39, 0.29) is 17.8 Å². The van der Waals surface area contributed by atoms with Crippen LogP contribution in [0.25, 0.3) is 10.8 Å². The van der Waals surface area contributed by atoms with E-state index in [1.165, 1.54) is 12.1 Å². The number of aromatic nitrogens is 2. The molecule has 2 aromatic carbocycles. The average molecular weight is 361 g/mol. The molecular formula is C18H14F3N3O2. The number of aromatic amines is 1. The molecule has 0 radical (unpaired) electrons. The summed E-state index contributed by atoms with van der Waals surface area (Å²) >= 11 is 0. The first kappa shape index (κ1) is 17.7. The van der Waals surface area contributed by atoms with Crippen LogP contribution in [-0.4, -0.2) is 22.6 Å². The van der Waals surface area contributed by atoms with Crippen molar-refractivity contribution in [2.45, 2.75) is 12.6 Å². The van der Waals surface area contributed by atoms with E-state index in [9.17, 15) is 22.8 Å². The molecule has 5 nitrogen and oxygen atoms in total. The zero-order chi connectivity index (χ0) is 18.7. The summed E-state index contributed by atoms with van der Waals surface area (Å²) in [6, 6.07) is 11.4. The van der Waals surface area contributed by atoms with Crippen LogP contribution in [0.3, 0.4) is 0 Å². The Bertz CT molecular complexity index is 995. The molecule has 0 fully saturated rings. The van der Waals surface area contributed by atoms with Gasteiger partial charge in [-0.2, -0.15) is 18.3 Å². The van der Waals surface area contributed by atoms with Crippen molar-refractivity contribution in [2.75, 3.05) is 6.54 Å². The van der Waals surface area contributed by atoms with E-state index in [2.05, 4.69) is 15.5 Å². The summed E-state index contributed by atoms with van der Waals surface area (Å²) in [6.45, 7) is 0.222. The van der Waals surface area contributed by atoms with Gasteiger partial charge in [-0.1, -0.05) is 30.3 Å². The van der Waals surface area contributed by atoms with Crippen LogP contribution in [0.2, 0.25) is 0 Å². The lowest BCUT2D eigenvalue weighted by Gasteiger charge is -2.09. The number of amides is 1. The molecule has 1 aromatic heterocycles. The standard InChI is InChI=1S/C18H14F3N3O2/c19-18(20,21)12-7-5-11(6-8-12)9-10-22-17(26)15-13-3-1-2-4-14(13)16(25)24-23-15/h1-8H,9-10H2,(H,22,26)(H,24,25). The average Bonchev–Trinajstić information content (AvgIpc) is 2.62. The van der Waals surface area contributed by atoms with Crippen molar-refractivity contribution in [1.29, 1.82) is 0 Å². The normalized spacial score (nSPS) is 11.5. The maximum Gasteiger partial charge on any atom is 0.416 e. The van der Waals surface area contributed by atoms with E-state index in [1.807, 2.05) is 0 Å². The van der Waals surface area contributed by atoms with E-state index in [1.54, 1.807) is 24.3 Å². The van der Waals surface area contributed by atoms with Gasteiger partial charge in [0.25, 0.3) is 11.5 Å². The third-order valence-corrected chi connectivity index (χ3v) is 3.89. The summed E-state index contributed by atoms with van der Waals surface area (Å²) in [7, 11) is 0. The van der Waals surface area contributed by atoms with E-state index < -0.39 is 17.6 Å². The van der Waals surface area contributed by atoms with Crippen LogP contribution in [0.15, 0.2) is 53.3 Å². The SMILES string of the molecule is O=C(NCCc1ccc(C(F)(F)F)cc1)c1n[nH]c(=O)c2ccccc12. The van der Waals surface area contributed by atoms with Crippen molar-refractivity contribution in [3.05, 3.63) is 75.7 Å². The number of hydrogen-bond donors (Lipinski definition) is 2. The fourth-order valence-corrected chi connectivity index (χ4v) is 2.55. The molecule has 0 aliphatic carbocycles. The summed E-state index contributed by atoms with van der Waals surface area (Å²) < 4.78 is 37.6. The van der Waals surface area contributed by atoms with Gasteiger partial charge in [0.1, 0.15) is 0 Å². The Morgan fingerprint density at radius 3 is 2.35 bits per heavy atom. The highest BCUT2D eigenvalue weighted by Crippen LogP contribution is 2.29. The number of benzene rings is 2. The molecule has 0 aliphatic heterocycles. The highest BCUT2D eigenvalue weighted by molar-refractivity contribution is 6.04. The number of carbonyl (C=O) groups is 1. The molecule has 0 saturated carbocycles. The molecule has 2 N–H and O–H groups in total. The maximum absolute atomic E-state index is 12.5. The van der Waals surface area contributed by atoms with E-state index in [4.69, 9.17) is 0 Å². The summed E-state index contributed by atoms with van der Waals surface area (Å²) in [5, 5.41) is 9.52. The molecule has 0 saturated heterocycles. The molecule has 3 aromatic rings. The lowest BCUT2D eigenvalue weighted by atomic mass is 10.1. The minimum Gasteiger partial charge on any atom is -0.350 e. The molecule has 0 unspecified atom stereocenters. The number of carbonyl (C=O) groups excluding carboxylic acids is 1. The summed E-state index contributed by atoms with van der Waals surface area (Å²) in [5.41, 5.74) is -0.346. The van der Waals surface area contributed by atoms with Crippen molar-refractivity contribution >= 4 is 16.7 Å². The molecule has 26 heavy (non-hydrogen) atoms.